The predicted molar refractivity (Wildman–Crippen MR) is 64.1 cm³/mol. The van der Waals surface area contributed by atoms with Gasteiger partial charge in [0.05, 0.1) is 6.61 Å². The summed E-state index contributed by atoms with van der Waals surface area (Å²) in [6.07, 6.45) is 1.99. The first-order chi connectivity index (χ1) is 7.19. The van der Waals surface area contributed by atoms with Crippen LogP contribution in [0.15, 0.2) is 18.2 Å². The van der Waals surface area contributed by atoms with E-state index in [4.69, 9.17) is 10.1 Å². The van der Waals surface area contributed by atoms with Crippen molar-refractivity contribution in [3.05, 3.63) is 29.3 Å². The molecule has 0 aromatic heterocycles. The minimum Gasteiger partial charge on any atom is -0.493 e. The highest BCUT2D eigenvalue weighted by Gasteiger charge is 2.06. The van der Waals surface area contributed by atoms with E-state index in [0.29, 0.717) is 12.3 Å². The lowest BCUT2D eigenvalue weighted by Crippen LogP contribution is -2.02. The fourth-order valence-corrected chi connectivity index (χ4v) is 1.43. The second kappa shape index (κ2) is 5.54. The maximum absolute atomic E-state index is 7.66. The van der Waals surface area contributed by atoms with E-state index in [1.807, 2.05) is 12.1 Å². The lowest BCUT2D eigenvalue weighted by molar-refractivity contribution is 0.316. The van der Waals surface area contributed by atoms with Gasteiger partial charge >= 0.3 is 0 Å². The highest BCUT2D eigenvalue weighted by atomic mass is 16.5. The van der Waals surface area contributed by atoms with Gasteiger partial charge in [-0.3, -0.25) is 0 Å². The summed E-state index contributed by atoms with van der Waals surface area (Å²) in [7, 11) is 0. The molecule has 1 N–H and O–H groups in total. The van der Waals surface area contributed by atoms with E-state index >= 15 is 0 Å². The zero-order valence-electron chi connectivity index (χ0n) is 9.76. The van der Waals surface area contributed by atoms with Crippen molar-refractivity contribution in [2.75, 3.05) is 6.61 Å². The summed E-state index contributed by atoms with van der Waals surface area (Å²) in [5.74, 6) is 0.851. The third kappa shape index (κ3) is 3.08. The van der Waals surface area contributed by atoms with Crippen molar-refractivity contribution in [2.24, 2.45) is 0 Å². The van der Waals surface area contributed by atoms with Gasteiger partial charge in [0.25, 0.3) is 0 Å². The fourth-order valence-electron chi connectivity index (χ4n) is 1.43. The molecular weight excluding hydrogens is 186 g/mol. The van der Waals surface area contributed by atoms with E-state index in [1.165, 1.54) is 5.56 Å². The van der Waals surface area contributed by atoms with E-state index in [0.717, 1.165) is 24.2 Å². The molecule has 1 aromatic carbocycles. The van der Waals surface area contributed by atoms with Gasteiger partial charge in [0.1, 0.15) is 5.75 Å². The van der Waals surface area contributed by atoms with Gasteiger partial charge in [0, 0.05) is 11.3 Å². The van der Waals surface area contributed by atoms with Gasteiger partial charge in [-0.25, -0.2) is 0 Å². The van der Waals surface area contributed by atoms with Crippen LogP contribution in [0.4, 0.5) is 0 Å². The van der Waals surface area contributed by atoms with E-state index in [9.17, 15) is 0 Å². The number of ether oxygens (including phenoxy) is 1. The van der Waals surface area contributed by atoms with Crippen LogP contribution in [-0.4, -0.2) is 12.3 Å². The summed E-state index contributed by atoms with van der Waals surface area (Å²) in [6.45, 7) is 6.71. The summed E-state index contributed by atoms with van der Waals surface area (Å²) < 4.78 is 5.65. The molecule has 1 rings (SSSR count). The summed E-state index contributed by atoms with van der Waals surface area (Å²) >= 11 is 0. The minimum absolute atomic E-state index is 0.559. The lowest BCUT2D eigenvalue weighted by Gasteiger charge is -2.11. The third-order valence-electron chi connectivity index (χ3n) is 2.32. The van der Waals surface area contributed by atoms with Gasteiger partial charge < -0.3 is 10.1 Å². The molecule has 2 heteroatoms. The molecule has 1 aromatic rings. The van der Waals surface area contributed by atoms with E-state index in [-0.39, 0.29) is 0 Å². The maximum atomic E-state index is 7.66. The Balaban J connectivity index is 2.99. The quantitative estimate of drug-likeness (QED) is 0.734. The van der Waals surface area contributed by atoms with E-state index in [2.05, 4.69) is 19.9 Å². The smallest absolute Gasteiger partial charge is 0.128 e. The average Bonchev–Trinajstić information content (AvgIpc) is 2.25. The number of benzene rings is 1. The molecule has 0 aliphatic rings. The molecule has 82 valence electrons. The summed E-state index contributed by atoms with van der Waals surface area (Å²) in [5.41, 5.74) is 2.72. The van der Waals surface area contributed by atoms with Crippen molar-refractivity contribution >= 4 is 5.71 Å². The monoisotopic (exact) mass is 205 g/mol. The van der Waals surface area contributed by atoms with Crippen molar-refractivity contribution in [1.29, 1.82) is 5.41 Å². The van der Waals surface area contributed by atoms with E-state index < -0.39 is 0 Å². The molecule has 0 saturated carbocycles. The van der Waals surface area contributed by atoms with Crippen LogP contribution in [0.1, 0.15) is 38.3 Å². The Morgan fingerprint density at radius 3 is 2.60 bits per heavy atom. The molecule has 0 bridgehead atoms. The highest BCUT2D eigenvalue weighted by Crippen LogP contribution is 2.21. The topological polar surface area (TPSA) is 33.1 Å². The SMILES string of the molecule is CCCOc1cc(CC)ccc1C(C)=N. The lowest BCUT2D eigenvalue weighted by atomic mass is 10.1. The minimum atomic E-state index is 0.559. The maximum Gasteiger partial charge on any atom is 0.128 e. The van der Waals surface area contributed by atoms with Gasteiger partial charge in [0.15, 0.2) is 0 Å². The molecule has 15 heavy (non-hydrogen) atoms. The summed E-state index contributed by atoms with van der Waals surface area (Å²) in [4.78, 5) is 0. The summed E-state index contributed by atoms with van der Waals surface area (Å²) in [6, 6.07) is 6.08. The first-order valence-corrected chi connectivity index (χ1v) is 5.50. The average molecular weight is 205 g/mol. The van der Waals surface area contributed by atoms with Crippen molar-refractivity contribution in [2.45, 2.75) is 33.6 Å². The van der Waals surface area contributed by atoms with Gasteiger partial charge in [-0.05, 0) is 37.5 Å². The summed E-state index contributed by atoms with van der Waals surface area (Å²) in [5, 5.41) is 7.66. The molecule has 0 atom stereocenters. The Hall–Kier alpha value is -1.31. The third-order valence-corrected chi connectivity index (χ3v) is 2.32. The van der Waals surface area contributed by atoms with Gasteiger partial charge in [-0.15, -0.1) is 0 Å². The number of nitrogens with one attached hydrogen (secondary N) is 1. The van der Waals surface area contributed by atoms with Crippen LogP contribution < -0.4 is 4.74 Å². The van der Waals surface area contributed by atoms with Crippen molar-refractivity contribution in [3.63, 3.8) is 0 Å². The zero-order chi connectivity index (χ0) is 11.3. The molecule has 0 spiro atoms. The molecule has 0 amide bonds. The Kier molecular flexibility index (Phi) is 4.35. The van der Waals surface area contributed by atoms with Crippen LogP contribution in [0.25, 0.3) is 0 Å². The second-order valence-electron chi connectivity index (χ2n) is 3.66. The molecule has 0 aliphatic heterocycles. The number of rotatable bonds is 5. The molecule has 0 heterocycles. The van der Waals surface area contributed by atoms with Crippen LogP contribution in [0.5, 0.6) is 5.75 Å². The number of hydrogen-bond acceptors (Lipinski definition) is 2. The normalized spacial score (nSPS) is 10.1. The first-order valence-electron chi connectivity index (χ1n) is 5.50. The van der Waals surface area contributed by atoms with Crippen molar-refractivity contribution in [1.82, 2.24) is 0 Å². The number of hydrogen-bond donors (Lipinski definition) is 1. The Morgan fingerprint density at radius 1 is 1.33 bits per heavy atom. The van der Waals surface area contributed by atoms with Crippen LogP contribution in [0.3, 0.4) is 0 Å². The standard InChI is InChI=1S/C13H19NO/c1-4-8-15-13-9-11(5-2)6-7-12(13)10(3)14/h6-7,9,14H,4-5,8H2,1-3H3. The number of aryl methyl sites for hydroxylation is 1. The molecule has 0 radical (unpaired) electrons. The van der Waals surface area contributed by atoms with Crippen LogP contribution in [-0.2, 0) is 6.42 Å². The van der Waals surface area contributed by atoms with Crippen LogP contribution in [0, 0.1) is 5.41 Å². The van der Waals surface area contributed by atoms with Crippen LogP contribution in [0.2, 0.25) is 0 Å². The molecule has 0 unspecified atom stereocenters. The van der Waals surface area contributed by atoms with Gasteiger partial charge in [-0.2, -0.15) is 0 Å². The van der Waals surface area contributed by atoms with E-state index in [1.54, 1.807) is 6.92 Å². The largest absolute Gasteiger partial charge is 0.493 e. The molecule has 0 aliphatic carbocycles. The molecule has 0 fully saturated rings. The Morgan fingerprint density at radius 2 is 2.07 bits per heavy atom. The zero-order valence-corrected chi connectivity index (χ0v) is 9.76. The van der Waals surface area contributed by atoms with Crippen molar-refractivity contribution < 1.29 is 4.74 Å². The molecule has 2 nitrogen and oxygen atoms in total. The predicted octanol–water partition coefficient (Wildman–Crippen LogP) is 3.43. The van der Waals surface area contributed by atoms with Gasteiger partial charge in [0.2, 0.25) is 0 Å². The van der Waals surface area contributed by atoms with Crippen LogP contribution >= 0.6 is 0 Å². The molecule has 0 saturated heterocycles. The Bertz CT molecular complexity index is 344. The fraction of sp³-hybridized carbons (Fsp3) is 0.462. The van der Waals surface area contributed by atoms with Crippen molar-refractivity contribution in [3.8, 4) is 5.75 Å². The second-order valence-corrected chi connectivity index (χ2v) is 3.66. The highest BCUT2D eigenvalue weighted by molar-refractivity contribution is 5.98. The first kappa shape index (κ1) is 11.8. The Labute approximate surface area is 91.8 Å². The molecular formula is C13H19NO. The van der Waals surface area contributed by atoms with Gasteiger partial charge in [-0.1, -0.05) is 19.9 Å².